The smallest absolute Gasteiger partial charge is 0.296 e. The molecule has 3 heterocycles. The van der Waals surface area contributed by atoms with Crippen molar-refractivity contribution in [2.75, 3.05) is 6.54 Å². The Bertz CT molecular complexity index is 947. The van der Waals surface area contributed by atoms with E-state index in [9.17, 15) is 14.4 Å². The molecule has 122 valence electrons. The van der Waals surface area contributed by atoms with Crippen molar-refractivity contribution in [2.24, 2.45) is 0 Å². The van der Waals surface area contributed by atoms with Gasteiger partial charge in [0.05, 0.1) is 18.3 Å². The molecule has 1 aliphatic rings. The monoisotopic (exact) mass is 325 g/mol. The second-order valence-electron chi connectivity index (χ2n) is 6.09. The van der Waals surface area contributed by atoms with E-state index in [1.807, 2.05) is 13.1 Å². The summed E-state index contributed by atoms with van der Waals surface area (Å²) in [6.45, 7) is 2.87. The Hall–Kier alpha value is -2.73. The molecule has 0 fully saturated rings. The van der Waals surface area contributed by atoms with E-state index in [1.54, 1.807) is 18.3 Å². The molecule has 24 heavy (non-hydrogen) atoms. The molecule has 0 aliphatic carbocycles. The molecule has 0 saturated carbocycles. The number of halogens is 1. The Morgan fingerprint density at radius 1 is 1.29 bits per heavy atom. The maximum atomic E-state index is 13.1. The Kier molecular flexibility index (Phi) is 3.35. The fourth-order valence-corrected chi connectivity index (χ4v) is 3.35. The average Bonchev–Trinajstić information content (AvgIpc) is 2.89. The van der Waals surface area contributed by atoms with E-state index < -0.39 is 5.91 Å². The number of aryl methyl sites for hydroxylation is 1. The summed E-state index contributed by atoms with van der Waals surface area (Å²) < 4.78 is 15.1. The highest BCUT2D eigenvalue weighted by Gasteiger charge is 2.27. The summed E-state index contributed by atoms with van der Waals surface area (Å²) in [4.78, 5) is 16.3. The van der Waals surface area contributed by atoms with E-state index in [-0.39, 0.29) is 12.4 Å². The summed E-state index contributed by atoms with van der Waals surface area (Å²) in [7, 11) is 0. The molecule has 0 unspecified atom stereocenters. The Morgan fingerprint density at radius 2 is 2.04 bits per heavy atom. The van der Waals surface area contributed by atoms with Crippen molar-refractivity contribution in [1.29, 1.82) is 0 Å². The van der Waals surface area contributed by atoms with Crippen molar-refractivity contribution >= 4 is 16.8 Å². The summed E-state index contributed by atoms with van der Waals surface area (Å²) >= 11 is 0. The van der Waals surface area contributed by atoms with Gasteiger partial charge in [-0.05, 0) is 42.2 Å². The summed E-state index contributed by atoms with van der Waals surface area (Å²) in [5.41, 5.74) is 4.19. The molecule has 0 spiro atoms. The summed E-state index contributed by atoms with van der Waals surface area (Å²) in [6, 6.07) is 6.41. The van der Waals surface area contributed by atoms with Crippen LogP contribution >= 0.6 is 0 Å². The lowest BCUT2D eigenvalue weighted by Gasteiger charge is -2.22. The number of pyridine rings is 1. The number of hydroxylamine groups is 2. The molecule has 2 aromatic heterocycles. The third-order valence-electron chi connectivity index (χ3n) is 4.49. The third-order valence-corrected chi connectivity index (χ3v) is 4.49. The minimum atomic E-state index is -0.455. The molecule has 5 nitrogen and oxygen atoms in total. The van der Waals surface area contributed by atoms with Gasteiger partial charge in [-0.25, -0.2) is 14.4 Å². The highest BCUT2D eigenvalue weighted by Crippen LogP contribution is 2.29. The molecule has 1 aliphatic heterocycles. The number of nitrogens with zero attached hydrogens (tertiary/aromatic N) is 3. The van der Waals surface area contributed by atoms with Crippen LogP contribution in [-0.2, 0) is 13.0 Å². The maximum Gasteiger partial charge on any atom is 0.296 e. The van der Waals surface area contributed by atoms with E-state index in [0.717, 1.165) is 27.6 Å². The van der Waals surface area contributed by atoms with Crippen LogP contribution in [0.15, 0.2) is 36.7 Å². The molecule has 0 bridgehead atoms. The van der Waals surface area contributed by atoms with Crippen LogP contribution in [0.2, 0.25) is 0 Å². The van der Waals surface area contributed by atoms with Crippen molar-refractivity contribution < 1.29 is 14.4 Å². The number of amides is 1. The average molecular weight is 325 g/mol. The van der Waals surface area contributed by atoms with E-state index in [2.05, 4.69) is 9.55 Å². The van der Waals surface area contributed by atoms with Crippen LogP contribution in [-0.4, -0.2) is 32.3 Å². The molecule has 1 N–H and O–H groups in total. The fourth-order valence-electron chi connectivity index (χ4n) is 3.35. The first-order valence-electron chi connectivity index (χ1n) is 7.77. The fraction of sp³-hybridized carbons (Fsp3) is 0.222. The van der Waals surface area contributed by atoms with E-state index in [0.29, 0.717) is 23.7 Å². The standard InChI is InChI=1S/C18H16FN3O2/c1-11-9-21(10-12-2-4-13(19)5-3-12)15-8-20-17-14(16(11)15)6-7-22(24)18(17)23/h2-5,8-9,24H,6-7,10H2,1H3. The number of carbonyl (C=O) groups excluding carboxylic acids is 1. The van der Waals surface area contributed by atoms with Crippen molar-refractivity contribution in [3.8, 4) is 0 Å². The molecule has 1 aromatic carbocycles. The molecule has 0 radical (unpaired) electrons. The van der Waals surface area contributed by atoms with Gasteiger partial charge in [-0.1, -0.05) is 12.1 Å². The molecule has 6 heteroatoms. The molecule has 0 saturated heterocycles. The largest absolute Gasteiger partial charge is 0.342 e. The number of aromatic nitrogens is 2. The number of carbonyl (C=O) groups is 1. The summed E-state index contributed by atoms with van der Waals surface area (Å²) in [5, 5.41) is 11.3. The van der Waals surface area contributed by atoms with E-state index >= 15 is 0 Å². The van der Waals surface area contributed by atoms with Crippen LogP contribution in [0, 0.1) is 12.7 Å². The van der Waals surface area contributed by atoms with Gasteiger partial charge < -0.3 is 4.57 Å². The van der Waals surface area contributed by atoms with Crippen molar-refractivity contribution in [3.05, 3.63) is 64.9 Å². The Balaban J connectivity index is 1.82. The normalized spacial score (nSPS) is 14.3. The zero-order valence-electron chi connectivity index (χ0n) is 13.2. The predicted molar refractivity (Wildman–Crippen MR) is 86.5 cm³/mol. The van der Waals surface area contributed by atoms with Crippen LogP contribution in [0.1, 0.15) is 27.2 Å². The minimum Gasteiger partial charge on any atom is -0.342 e. The third kappa shape index (κ3) is 2.27. The second kappa shape index (κ2) is 5.42. The Labute approximate surface area is 137 Å². The van der Waals surface area contributed by atoms with Gasteiger partial charge in [-0.15, -0.1) is 0 Å². The summed E-state index contributed by atoms with van der Waals surface area (Å²) in [5.74, 6) is -0.709. The molecular formula is C18H16FN3O2. The van der Waals surface area contributed by atoms with Crippen LogP contribution < -0.4 is 0 Å². The molecular weight excluding hydrogens is 309 g/mol. The first-order chi connectivity index (χ1) is 11.5. The summed E-state index contributed by atoms with van der Waals surface area (Å²) in [6.07, 6.45) is 4.26. The maximum absolute atomic E-state index is 13.1. The lowest BCUT2D eigenvalue weighted by molar-refractivity contribution is -0.0606. The molecule has 1 amide bonds. The van der Waals surface area contributed by atoms with Gasteiger partial charge in [-0.2, -0.15) is 0 Å². The van der Waals surface area contributed by atoms with Gasteiger partial charge in [0.2, 0.25) is 0 Å². The quantitative estimate of drug-likeness (QED) is 0.737. The lowest BCUT2D eigenvalue weighted by Crippen LogP contribution is -2.35. The SMILES string of the molecule is Cc1cn(Cc2ccc(F)cc2)c2cnc3c(c12)CCN(O)C3=O. The molecule has 4 rings (SSSR count). The first-order valence-corrected chi connectivity index (χ1v) is 7.77. The highest BCUT2D eigenvalue weighted by molar-refractivity contribution is 6.00. The molecule has 3 aromatic rings. The number of fused-ring (bicyclic) bond motifs is 3. The van der Waals surface area contributed by atoms with Gasteiger partial charge in [0.1, 0.15) is 11.5 Å². The highest BCUT2D eigenvalue weighted by atomic mass is 19.1. The van der Waals surface area contributed by atoms with E-state index in [1.165, 1.54) is 12.1 Å². The molecule has 0 atom stereocenters. The second-order valence-corrected chi connectivity index (χ2v) is 6.09. The van der Waals surface area contributed by atoms with Crippen LogP contribution in [0.3, 0.4) is 0 Å². The zero-order chi connectivity index (χ0) is 16.8. The van der Waals surface area contributed by atoms with Crippen LogP contribution in [0.5, 0.6) is 0 Å². The number of rotatable bonds is 2. The van der Waals surface area contributed by atoms with Crippen LogP contribution in [0.25, 0.3) is 10.9 Å². The predicted octanol–water partition coefficient (Wildman–Crippen LogP) is 2.92. The first kappa shape index (κ1) is 14.8. The van der Waals surface area contributed by atoms with Crippen molar-refractivity contribution in [3.63, 3.8) is 0 Å². The van der Waals surface area contributed by atoms with Crippen LogP contribution in [0.4, 0.5) is 4.39 Å². The van der Waals surface area contributed by atoms with Gasteiger partial charge in [0, 0.05) is 18.1 Å². The minimum absolute atomic E-state index is 0.255. The number of hydrogen-bond acceptors (Lipinski definition) is 3. The van der Waals surface area contributed by atoms with Crippen molar-refractivity contribution in [2.45, 2.75) is 19.9 Å². The topological polar surface area (TPSA) is 58.4 Å². The van der Waals surface area contributed by atoms with Crippen molar-refractivity contribution in [1.82, 2.24) is 14.6 Å². The number of benzene rings is 1. The lowest BCUT2D eigenvalue weighted by atomic mass is 9.99. The number of hydrogen-bond donors (Lipinski definition) is 1. The Morgan fingerprint density at radius 3 is 2.79 bits per heavy atom. The van der Waals surface area contributed by atoms with Gasteiger partial charge in [0.25, 0.3) is 5.91 Å². The van der Waals surface area contributed by atoms with Gasteiger partial charge in [-0.3, -0.25) is 10.0 Å². The van der Waals surface area contributed by atoms with Gasteiger partial charge >= 0.3 is 0 Å². The van der Waals surface area contributed by atoms with E-state index in [4.69, 9.17) is 0 Å². The van der Waals surface area contributed by atoms with Gasteiger partial charge in [0.15, 0.2) is 0 Å². The zero-order valence-corrected chi connectivity index (χ0v) is 13.2.